The maximum absolute atomic E-state index is 12.6. The molecular weight excluding hydrogens is 253 g/mol. The van der Waals surface area contributed by atoms with Crippen molar-refractivity contribution in [3.05, 3.63) is 0 Å². The Kier molecular flexibility index (Phi) is 4.24. The first kappa shape index (κ1) is 15.2. The number of nitrogens with two attached hydrogens (primary N) is 1. The summed E-state index contributed by atoms with van der Waals surface area (Å²) in [7, 11) is 0. The molecule has 1 fully saturated rings. The van der Waals surface area contributed by atoms with Gasteiger partial charge in [0.05, 0.1) is 12.1 Å². The molecule has 5 nitrogen and oxygen atoms in total. The number of halogens is 3. The van der Waals surface area contributed by atoms with Crippen LogP contribution in [0.4, 0.5) is 13.2 Å². The van der Waals surface area contributed by atoms with Gasteiger partial charge in [-0.1, -0.05) is 0 Å². The predicted molar refractivity (Wildman–Crippen MR) is 56.7 cm³/mol. The second-order valence-electron chi connectivity index (χ2n) is 4.71. The highest BCUT2D eigenvalue weighted by atomic mass is 19.4. The Labute approximate surface area is 102 Å². The number of carbonyl (C=O) groups is 1. The summed E-state index contributed by atoms with van der Waals surface area (Å²) >= 11 is 0. The van der Waals surface area contributed by atoms with Crippen LogP contribution >= 0.6 is 0 Å². The molecule has 0 aromatic carbocycles. The van der Waals surface area contributed by atoms with E-state index < -0.39 is 29.8 Å². The first-order chi connectivity index (χ1) is 8.15. The van der Waals surface area contributed by atoms with Crippen LogP contribution in [0, 0.1) is 0 Å². The summed E-state index contributed by atoms with van der Waals surface area (Å²) in [6.45, 7) is 0.699. The van der Waals surface area contributed by atoms with Crippen molar-refractivity contribution in [2.24, 2.45) is 5.73 Å². The lowest BCUT2D eigenvalue weighted by molar-refractivity contribution is -0.189. The molecule has 0 spiro atoms. The lowest BCUT2D eigenvalue weighted by Crippen LogP contribution is -2.66. The van der Waals surface area contributed by atoms with Crippen LogP contribution in [0.25, 0.3) is 0 Å². The van der Waals surface area contributed by atoms with E-state index in [0.717, 1.165) is 0 Å². The molecule has 1 atom stereocenters. The molecule has 0 radical (unpaired) electrons. The van der Waals surface area contributed by atoms with Crippen molar-refractivity contribution in [3.63, 3.8) is 0 Å². The number of aliphatic hydroxyl groups excluding tert-OH is 1. The first-order valence-electron chi connectivity index (χ1n) is 5.51. The zero-order valence-corrected chi connectivity index (χ0v) is 10.0. The van der Waals surface area contributed by atoms with E-state index in [9.17, 15) is 23.1 Å². The normalized spacial score (nSPS) is 23.2. The molecule has 18 heavy (non-hydrogen) atoms. The Morgan fingerprint density at radius 2 is 1.94 bits per heavy atom. The summed E-state index contributed by atoms with van der Waals surface area (Å²) in [4.78, 5) is 11.6. The summed E-state index contributed by atoms with van der Waals surface area (Å²) in [6, 6.07) is 0. The van der Waals surface area contributed by atoms with Gasteiger partial charge in [-0.2, -0.15) is 13.2 Å². The fourth-order valence-electron chi connectivity index (χ4n) is 1.58. The van der Waals surface area contributed by atoms with Crippen molar-refractivity contribution < 1.29 is 27.8 Å². The molecule has 4 N–H and O–H groups in total. The number of ether oxygens (including phenoxy) is 1. The third-order valence-corrected chi connectivity index (χ3v) is 3.19. The van der Waals surface area contributed by atoms with E-state index in [1.807, 2.05) is 0 Å². The highest BCUT2D eigenvalue weighted by molar-refractivity contribution is 5.87. The van der Waals surface area contributed by atoms with Crippen molar-refractivity contribution in [2.75, 3.05) is 19.8 Å². The fraction of sp³-hybridized carbons (Fsp3) is 0.900. The van der Waals surface area contributed by atoms with E-state index >= 15 is 0 Å². The number of hydrogen-bond donors (Lipinski definition) is 3. The second kappa shape index (κ2) is 5.02. The number of rotatable bonds is 3. The zero-order valence-electron chi connectivity index (χ0n) is 10.0. The Morgan fingerprint density at radius 3 is 2.33 bits per heavy atom. The lowest BCUT2D eigenvalue weighted by atomic mass is 9.89. The van der Waals surface area contributed by atoms with Crippen LogP contribution in [-0.2, 0) is 9.53 Å². The van der Waals surface area contributed by atoms with Gasteiger partial charge in [-0.05, 0) is 19.8 Å². The molecule has 106 valence electrons. The summed E-state index contributed by atoms with van der Waals surface area (Å²) in [6.07, 6.45) is -4.34. The van der Waals surface area contributed by atoms with Crippen LogP contribution in [0.5, 0.6) is 0 Å². The molecule has 0 aromatic rings. The molecule has 0 saturated carbocycles. The van der Waals surface area contributed by atoms with E-state index in [1.165, 1.54) is 0 Å². The van der Waals surface area contributed by atoms with E-state index in [4.69, 9.17) is 10.5 Å². The van der Waals surface area contributed by atoms with Crippen LogP contribution in [0.15, 0.2) is 0 Å². The molecule has 1 saturated heterocycles. The Morgan fingerprint density at radius 1 is 1.44 bits per heavy atom. The number of amides is 1. The summed E-state index contributed by atoms with van der Waals surface area (Å²) < 4.78 is 42.8. The van der Waals surface area contributed by atoms with E-state index in [-0.39, 0.29) is 26.1 Å². The number of carbonyl (C=O) groups excluding carboxylic acids is 1. The third-order valence-electron chi connectivity index (χ3n) is 3.19. The number of hydrogen-bond acceptors (Lipinski definition) is 4. The average Bonchev–Trinajstić information content (AvgIpc) is 2.28. The minimum absolute atomic E-state index is 0.253. The predicted octanol–water partition coefficient (Wildman–Crippen LogP) is -0.0762. The Bertz CT molecular complexity index is 312. The van der Waals surface area contributed by atoms with Gasteiger partial charge in [0.2, 0.25) is 5.91 Å². The average molecular weight is 270 g/mol. The van der Waals surface area contributed by atoms with Gasteiger partial charge < -0.3 is 20.9 Å². The molecule has 0 aliphatic carbocycles. The van der Waals surface area contributed by atoms with Crippen LogP contribution in [0.2, 0.25) is 0 Å². The molecule has 1 heterocycles. The van der Waals surface area contributed by atoms with Crippen molar-refractivity contribution in [2.45, 2.75) is 37.0 Å². The molecule has 8 heteroatoms. The van der Waals surface area contributed by atoms with Crippen molar-refractivity contribution >= 4 is 5.91 Å². The maximum Gasteiger partial charge on any atom is 0.415 e. The van der Waals surface area contributed by atoms with Crippen LogP contribution in [-0.4, -0.2) is 48.1 Å². The highest BCUT2D eigenvalue weighted by Crippen LogP contribution is 2.29. The molecule has 0 bridgehead atoms. The topological polar surface area (TPSA) is 84.6 Å². The minimum atomic E-state index is -4.85. The monoisotopic (exact) mass is 270 g/mol. The number of nitrogens with one attached hydrogen (secondary N) is 1. The van der Waals surface area contributed by atoms with Crippen molar-refractivity contribution in [3.8, 4) is 0 Å². The first-order valence-corrected chi connectivity index (χ1v) is 5.51. The van der Waals surface area contributed by atoms with Crippen LogP contribution < -0.4 is 11.1 Å². The number of alkyl halides is 3. The Balaban J connectivity index is 2.79. The SMILES string of the molecule is CC(N)(C(=O)NC1(CO)CCOCC1)C(F)(F)F. The number of aliphatic hydroxyl groups is 1. The molecule has 1 rings (SSSR count). The van der Waals surface area contributed by atoms with Crippen molar-refractivity contribution in [1.29, 1.82) is 0 Å². The van der Waals surface area contributed by atoms with Gasteiger partial charge >= 0.3 is 6.18 Å². The van der Waals surface area contributed by atoms with Crippen molar-refractivity contribution in [1.82, 2.24) is 5.32 Å². The van der Waals surface area contributed by atoms with E-state index in [0.29, 0.717) is 6.92 Å². The van der Waals surface area contributed by atoms with Gasteiger partial charge in [0.25, 0.3) is 0 Å². The lowest BCUT2D eigenvalue weighted by Gasteiger charge is -2.39. The van der Waals surface area contributed by atoms with Gasteiger partial charge in [0.1, 0.15) is 0 Å². The standard InChI is InChI=1S/C10H17F3N2O3/c1-8(14,10(11,12)13)7(17)15-9(6-16)2-4-18-5-3-9/h16H,2-6,14H2,1H3,(H,15,17). The summed E-state index contributed by atoms with van der Waals surface area (Å²) in [5.41, 5.74) is 0.957. The third kappa shape index (κ3) is 2.93. The molecule has 1 aliphatic rings. The van der Waals surface area contributed by atoms with E-state index in [2.05, 4.69) is 5.32 Å². The molecule has 0 aromatic heterocycles. The summed E-state index contributed by atoms with van der Waals surface area (Å²) in [5.74, 6) is -1.34. The fourth-order valence-corrected chi connectivity index (χ4v) is 1.58. The summed E-state index contributed by atoms with van der Waals surface area (Å²) in [5, 5.41) is 11.5. The highest BCUT2D eigenvalue weighted by Gasteiger charge is 2.55. The molecule has 1 unspecified atom stereocenters. The van der Waals surface area contributed by atoms with Crippen LogP contribution in [0.1, 0.15) is 19.8 Å². The smallest absolute Gasteiger partial charge is 0.394 e. The Hall–Kier alpha value is -0.860. The maximum atomic E-state index is 12.6. The molecule has 1 amide bonds. The van der Waals surface area contributed by atoms with Gasteiger partial charge in [-0.15, -0.1) is 0 Å². The van der Waals surface area contributed by atoms with Gasteiger partial charge in [0.15, 0.2) is 5.54 Å². The second-order valence-corrected chi connectivity index (χ2v) is 4.71. The van der Waals surface area contributed by atoms with Gasteiger partial charge in [0, 0.05) is 13.2 Å². The largest absolute Gasteiger partial charge is 0.415 e. The quantitative estimate of drug-likeness (QED) is 0.670. The van der Waals surface area contributed by atoms with Gasteiger partial charge in [-0.3, -0.25) is 4.79 Å². The zero-order chi connectivity index (χ0) is 14.0. The molecule has 1 aliphatic heterocycles. The van der Waals surface area contributed by atoms with Crippen LogP contribution in [0.3, 0.4) is 0 Å². The van der Waals surface area contributed by atoms with Gasteiger partial charge in [-0.25, -0.2) is 0 Å². The molecular formula is C10H17F3N2O3. The minimum Gasteiger partial charge on any atom is -0.394 e. The van der Waals surface area contributed by atoms with E-state index in [1.54, 1.807) is 0 Å².